The van der Waals surface area contributed by atoms with Crippen molar-refractivity contribution >= 4 is 39.4 Å². The number of rotatable bonds is 3. The SMILES string of the molecule is Cc1cc(C)c2nc3s/c(=C/c4ccc(-c5cccc(C(=O)O)c5)o4)c(=O)n3c2c1. The Kier molecular flexibility index (Phi) is 4.08. The molecule has 0 bridgehead atoms. The van der Waals surface area contributed by atoms with Crippen molar-refractivity contribution in [2.75, 3.05) is 0 Å². The van der Waals surface area contributed by atoms with Gasteiger partial charge in [0.1, 0.15) is 16.1 Å². The van der Waals surface area contributed by atoms with Gasteiger partial charge in [-0.15, -0.1) is 0 Å². The highest BCUT2D eigenvalue weighted by Gasteiger charge is 2.14. The van der Waals surface area contributed by atoms with Gasteiger partial charge in [0.25, 0.3) is 5.56 Å². The summed E-state index contributed by atoms with van der Waals surface area (Å²) in [7, 11) is 0. The van der Waals surface area contributed by atoms with Crippen LogP contribution in [0.3, 0.4) is 0 Å². The topological polar surface area (TPSA) is 84.8 Å². The van der Waals surface area contributed by atoms with Crippen molar-refractivity contribution in [1.29, 1.82) is 0 Å². The van der Waals surface area contributed by atoms with Crippen LogP contribution in [0.1, 0.15) is 27.2 Å². The van der Waals surface area contributed by atoms with Gasteiger partial charge in [-0.25, -0.2) is 14.2 Å². The summed E-state index contributed by atoms with van der Waals surface area (Å²) in [6.07, 6.45) is 1.70. The molecule has 5 rings (SSSR count). The second kappa shape index (κ2) is 6.67. The zero-order valence-corrected chi connectivity index (χ0v) is 17.0. The molecule has 30 heavy (non-hydrogen) atoms. The fourth-order valence-corrected chi connectivity index (χ4v) is 4.59. The minimum Gasteiger partial charge on any atom is -0.478 e. The lowest BCUT2D eigenvalue weighted by atomic mass is 10.1. The van der Waals surface area contributed by atoms with E-state index < -0.39 is 5.97 Å². The summed E-state index contributed by atoms with van der Waals surface area (Å²) >= 11 is 1.32. The van der Waals surface area contributed by atoms with Gasteiger partial charge < -0.3 is 9.52 Å². The number of hydrogen-bond acceptors (Lipinski definition) is 5. The van der Waals surface area contributed by atoms with Crippen molar-refractivity contribution in [2.24, 2.45) is 0 Å². The highest BCUT2D eigenvalue weighted by atomic mass is 32.1. The highest BCUT2D eigenvalue weighted by molar-refractivity contribution is 7.15. The molecule has 3 aromatic heterocycles. The van der Waals surface area contributed by atoms with Crippen molar-refractivity contribution in [3.05, 3.63) is 85.9 Å². The standard InChI is InChI=1S/C23H16N2O4S/c1-12-8-13(2)20-17(9-12)25-21(26)19(30-23(25)24-20)11-16-6-7-18(29-16)14-4-3-5-15(10-14)22(27)28/h3-11H,1-2H3,(H,27,28)/b19-11+. The van der Waals surface area contributed by atoms with Crippen LogP contribution < -0.4 is 10.1 Å². The zero-order valence-electron chi connectivity index (χ0n) is 16.2. The van der Waals surface area contributed by atoms with E-state index in [1.165, 1.54) is 17.4 Å². The molecule has 0 saturated carbocycles. The lowest BCUT2D eigenvalue weighted by molar-refractivity contribution is 0.0697. The Morgan fingerprint density at radius 1 is 1.17 bits per heavy atom. The third kappa shape index (κ3) is 2.91. The largest absolute Gasteiger partial charge is 0.478 e. The van der Waals surface area contributed by atoms with Crippen molar-refractivity contribution in [3.63, 3.8) is 0 Å². The van der Waals surface area contributed by atoms with Crippen LogP contribution in [-0.2, 0) is 0 Å². The molecule has 0 unspecified atom stereocenters. The van der Waals surface area contributed by atoms with Gasteiger partial charge in [-0.1, -0.05) is 29.5 Å². The molecule has 6 nitrogen and oxygen atoms in total. The first-order valence-electron chi connectivity index (χ1n) is 9.28. The van der Waals surface area contributed by atoms with Crippen molar-refractivity contribution in [2.45, 2.75) is 13.8 Å². The fourth-order valence-electron chi connectivity index (χ4n) is 3.63. The smallest absolute Gasteiger partial charge is 0.335 e. The average Bonchev–Trinajstić information content (AvgIpc) is 3.39. The summed E-state index contributed by atoms with van der Waals surface area (Å²) in [5, 5.41) is 9.17. The Morgan fingerprint density at radius 3 is 2.80 bits per heavy atom. The number of thiazole rings is 1. The highest BCUT2D eigenvalue weighted by Crippen LogP contribution is 2.24. The van der Waals surface area contributed by atoms with Gasteiger partial charge in [0.2, 0.25) is 0 Å². The number of carboxylic acid groups (broad SMARTS) is 1. The number of aryl methyl sites for hydroxylation is 2. The predicted molar refractivity (Wildman–Crippen MR) is 116 cm³/mol. The van der Waals surface area contributed by atoms with Gasteiger partial charge in [-0.05, 0) is 55.3 Å². The summed E-state index contributed by atoms with van der Waals surface area (Å²) < 4.78 is 8.02. The Balaban J connectivity index is 1.61. The van der Waals surface area contributed by atoms with Gasteiger partial charge in [-0.3, -0.25) is 4.79 Å². The molecule has 0 aliphatic carbocycles. The minimum atomic E-state index is -0.995. The normalized spacial score (nSPS) is 12.3. The zero-order chi connectivity index (χ0) is 21.0. The second-order valence-corrected chi connectivity index (χ2v) is 8.19. The van der Waals surface area contributed by atoms with E-state index in [2.05, 4.69) is 11.1 Å². The van der Waals surface area contributed by atoms with E-state index in [1.54, 1.807) is 40.8 Å². The number of imidazole rings is 1. The molecule has 0 aliphatic heterocycles. The first-order valence-corrected chi connectivity index (χ1v) is 10.1. The summed E-state index contributed by atoms with van der Waals surface area (Å²) in [5.41, 5.74) is 4.50. The Labute approximate surface area is 174 Å². The lowest BCUT2D eigenvalue weighted by Gasteiger charge is -1.98. The van der Waals surface area contributed by atoms with Crippen LogP contribution in [0.5, 0.6) is 0 Å². The number of benzene rings is 2. The molecule has 3 heterocycles. The summed E-state index contributed by atoms with van der Waals surface area (Å²) in [4.78, 5) is 29.5. The summed E-state index contributed by atoms with van der Waals surface area (Å²) in [6, 6.07) is 14.1. The number of hydrogen-bond donors (Lipinski definition) is 1. The second-order valence-electron chi connectivity index (χ2n) is 7.18. The van der Waals surface area contributed by atoms with E-state index in [0.717, 1.165) is 22.2 Å². The fraction of sp³-hybridized carbons (Fsp3) is 0.0870. The monoisotopic (exact) mass is 416 g/mol. The van der Waals surface area contributed by atoms with Crippen LogP contribution in [-0.4, -0.2) is 20.5 Å². The number of fused-ring (bicyclic) bond motifs is 3. The number of furan rings is 1. The molecule has 0 fully saturated rings. The molecule has 0 saturated heterocycles. The van der Waals surface area contributed by atoms with E-state index in [4.69, 9.17) is 9.52 Å². The molecule has 0 amide bonds. The molecule has 2 aromatic carbocycles. The predicted octanol–water partition coefficient (Wildman–Crippen LogP) is 4.03. The van der Waals surface area contributed by atoms with Gasteiger partial charge in [0.05, 0.1) is 16.6 Å². The van der Waals surface area contributed by atoms with Crippen LogP contribution in [0.15, 0.2) is 57.7 Å². The molecule has 1 N–H and O–H groups in total. The first-order chi connectivity index (χ1) is 14.4. The van der Waals surface area contributed by atoms with E-state index in [0.29, 0.717) is 26.6 Å². The van der Waals surface area contributed by atoms with Crippen molar-refractivity contribution < 1.29 is 14.3 Å². The maximum atomic E-state index is 13.0. The van der Waals surface area contributed by atoms with Crippen LogP contribution in [0, 0.1) is 13.8 Å². The maximum Gasteiger partial charge on any atom is 0.335 e. The molecular weight excluding hydrogens is 400 g/mol. The van der Waals surface area contributed by atoms with E-state index >= 15 is 0 Å². The van der Waals surface area contributed by atoms with Crippen LogP contribution in [0.25, 0.3) is 33.4 Å². The van der Waals surface area contributed by atoms with Gasteiger partial charge in [0.15, 0.2) is 4.96 Å². The lowest BCUT2D eigenvalue weighted by Crippen LogP contribution is -2.22. The first kappa shape index (κ1) is 18.3. The van der Waals surface area contributed by atoms with Crippen LogP contribution in [0.2, 0.25) is 0 Å². The Bertz CT molecular complexity index is 1570. The Morgan fingerprint density at radius 2 is 2.00 bits per heavy atom. The molecule has 0 radical (unpaired) electrons. The van der Waals surface area contributed by atoms with E-state index in [9.17, 15) is 9.59 Å². The molecule has 0 spiro atoms. The van der Waals surface area contributed by atoms with Crippen LogP contribution >= 0.6 is 11.3 Å². The van der Waals surface area contributed by atoms with Crippen LogP contribution in [0.4, 0.5) is 0 Å². The molecule has 0 atom stereocenters. The number of carboxylic acids is 1. The van der Waals surface area contributed by atoms with Crippen molar-refractivity contribution in [1.82, 2.24) is 9.38 Å². The van der Waals surface area contributed by atoms with E-state index in [-0.39, 0.29) is 11.1 Å². The minimum absolute atomic E-state index is 0.131. The van der Waals surface area contributed by atoms with E-state index in [1.807, 2.05) is 19.9 Å². The number of nitrogens with zero attached hydrogens (tertiary/aromatic N) is 2. The molecule has 0 aliphatic rings. The molecule has 148 valence electrons. The molecular formula is C23H16N2O4S. The number of aromatic nitrogens is 2. The molecule has 7 heteroatoms. The Hall–Kier alpha value is -3.71. The number of carbonyl (C=O) groups is 1. The van der Waals surface area contributed by atoms with Crippen molar-refractivity contribution in [3.8, 4) is 11.3 Å². The average molecular weight is 416 g/mol. The van der Waals surface area contributed by atoms with Gasteiger partial charge >= 0.3 is 5.97 Å². The summed E-state index contributed by atoms with van der Waals surface area (Å²) in [5.74, 6) is 0.0599. The summed E-state index contributed by atoms with van der Waals surface area (Å²) in [6.45, 7) is 3.99. The van der Waals surface area contributed by atoms with Gasteiger partial charge in [0, 0.05) is 11.6 Å². The quantitative estimate of drug-likeness (QED) is 0.480. The van der Waals surface area contributed by atoms with Gasteiger partial charge in [-0.2, -0.15) is 0 Å². The molecule has 5 aromatic rings. The third-order valence-electron chi connectivity index (χ3n) is 4.97. The number of aromatic carboxylic acids is 1. The third-order valence-corrected chi connectivity index (χ3v) is 5.94. The maximum absolute atomic E-state index is 13.0.